The van der Waals surface area contributed by atoms with Gasteiger partial charge >= 0.3 is 0 Å². The van der Waals surface area contributed by atoms with Gasteiger partial charge in [-0.15, -0.1) is 0 Å². The molecule has 31 heavy (non-hydrogen) atoms. The molecule has 3 aromatic carbocycles. The highest BCUT2D eigenvalue weighted by atomic mass is 35.5. The monoisotopic (exact) mass is 431 g/mol. The Labute approximate surface area is 185 Å². The molecule has 156 valence electrons. The molecule has 0 unspecified atom stereocenters. The normalized spacial score (nSPS) is 13.4. The summed E-state index contributed by atoms with van der Waals surface area (Å²) in [6, 6.07) is 17.9. The fraction of sp³-hybridized carbons (Fsp3) is 0.231. The summed E-state index contributed by atoms with van der Waals surface area (Å²) in [6.45, 7) is 0.660. The van der Waals surface area contributed by atoms with Gasteiger partial charge in [-0.2, -0.15) is 0 Å². The lowest BCUT2D eigenvalue weighted by Gasteiger charge is -2.20. The molecule has 1 aliphatic carbocycles. The van der Waals surface area contributed by atoms with Crippen molar-refractivity contribution in [3.8, 4) is 5.75 Å². The van der Waals surface area contributed by atoms with Crippen LogP contribution in [0.25, 0.3) is 21.8 Å². The van der Waals surface area contributed by atoms with Gasteiger partial charge in [-0.25, -0.2) is 0 Å². The van der Waals surface area contributed by atoms with Gasteiger partial charge in [0.15, 0.2) is 0 Å². The number of nitrogens with zero attached hydrogens (tertiary/aromatic N) is 1. The van der Waals surface area contributed by atoms with E-state index in [1.54, 1.807) is 13.2 Å². The number of aromatic nitrogens is 1. The smallest absolute Gasteiger partial charge is 0.293 e. The lowest BCUT2D eigenvalue weighted by Crippen LogP contribution is -2.08. The highest BCUT2D eigenvalue weighted by Crippen LogP contribution is 2.43. The van der Waals surface area contributed by atoms with Crippen LogP contribution in [0.1, 0.15) is 39.9 Å². The van der Waals surface area contributed by atoms with Gasteiger partial charge in [-0.05, 0) is 66.1 Å². The van der Waals surface area contributed by atoms with Crippen molar-refractivity contribution in [2.75, 3.05) is 7.11 Å². The first-order valence-electron chi connectivity index (χ1n) is 10.5. The maximum absolute atomic E-state index is 12.7. The predicted octanol–water partition coefficient (Wildman–Crippen LogP) is 5.68. The van der Waals surface area contributed by atoms with Gasteiger partial charge in [-0.3, -0.25) is 9.59 Å². The standard InChI is InChI=1S/C26H22ClNO3/c1-31-21-14-17-10-5-6-11-18(17)24-23(21)22-19(25(29)26(27)30)12-7-13-20(22)28(24)15-16-8-3-2-4-9-16/h2-4,7-9,12-14H,5-6,10-11,15H2,1H3. The molecule has 1 aromatic heterocycles. The van der Waals surface area contributed by atoms with Crippen molar-refractivity contribution in [2.45, 2.75) is 32.2 Å². The van der Waals surface area contributed by atoms with Crippen LogP contribution in [0, 0.1) is 0 Å². The van der Waals surface area contributed by atoms with Gasteiger partial charge in [0.1, 0.15) is 5.75 Å². The Morgan fingerprint density at radius 2 is 1.77 bits per heavy atom. The molecular formula is C26H22ClNO3. The molecule has 0 saturated heterocycles. The van der Waals surface area contributed by atoms with E-state index in [9.17, 15) is 9.59 Å². The number of fused-ring (bicyclic) bond motifs is 5. The van der Waals surface area contributed by atoms with E-state index in [0.29, 0.717) is 12.1 Å². The Hall–Kier alpha value is -3.11. The van der Waals surface area contributed by atoms with Gasteiger partial charge in [0.2, 0.25) is 5.78 Å². The minimum Gasteiger partial charge on any atom is -0.496 e. The first-order chi connectivity index (χ1) is 15.1. The van der Waals surface area contributed by atoms with E-state index >= 15 is 0 Å². The quantitative estimate of drug-likeness (QED) is 0.232. The molecule has 4 nitrogen and oxygen atoms in total. The number of ketones is 1. The number of benzene rings is 3. The van der Waals surface area contributed by atoms with E-state index in [4.69, 9.17) is 16.3 Å². The number of halogens is 1. The van der Waals surface area contributed by atoms with E-state index in [1.165, 1.54) is 16.7 Å². The van der Waals surface area contributed by atoms with Gasteiger partial charge in [0.25, 0.3) is 5.24 Å². The first kappa shape index (κ1) is 19.8. The Bertz CT molecular complexity index is 1340. The van der Waals surface area contributed by atoms with E-state index in [-0.39, 0.29) is 0 Å². The second-order valence-corrected chi connectivity index (χ2v) is 8.36. The van der Waals surface area contributed by atoms with Crippen LogP contribution in [0.5, 0.6) is 5.75 Å². The maximum Gasteiger partial charge on any atom is 0.293 e. The Morgan fingerprint density at radius 3 is 2.52 bits per heavy atom. The molecule has 0 amide bonds. The van der Waals surface area contributed by atoms with Crippen LogP contribution in [0.4, 0.5) is 0 Å². The Balaban J connectivity index is 1.94. The summed E-state index contributed by atoms with van der Waals surface area (Å²) in [5, 5.41) is 0.641. The second kappa shape index (κ2) is 7.86. The molecule has 0 N–H and O–H groups in total. The van der Waals surface area contributed by atoms with Crippen LogP contribution < -0.4 is 4.74 Å². The predicted molar refractivity (Wildman–Crippen MR) is 123 cm³/mol. The molecule has 0 atom stereocenters. The van der Waals surface area contributed by atoms with Gasteiger partial charge in [0, 0.05) is 17.5 Å². The number of carbonyl (C=O) groups excluding carboxylic acids is 2. The molecule has 1 aliphatic rings. The number of hydrogen-bond donors (Lipinski definition) is 0. The summed E-state index contributed by atoms with van der Waals surface area (Å²) < 4.78 is 8.08. The van der Waals surface area contributed by atoms with Crippen LogP contribution in [-0.4, -0.2) is 22.7 Å². The zero-order chi connectivity index (χ0) is 21.5. The molecule has 0 bridgehead atoms. The average Bonchev–Trinajstić information content (AvgIpc) is 3.13. The molecule has 0 spiro atoms. The lowest BCUT2D eigenvalue weighted by molar-refractivity contribution is -0.108. The number of Topliss-reactive ketones (excluding diaryl/α,β-unsaturated/α-hetero) is 1. The van der Waals surface area contributed by atoms with E-state index < -0.39 is 11.0 Å². The summed E-state index contributed by atoms with van der Waals surface area (Å²) in [5.41, 5.74) is 6.09. The molecule has 0 fully saturated rings. The zero-order valence-electron chi connectivity index (χ0n) is 17.3. The van der Waals surface area contributed by atoms with Crippen molar-refractivity contribution >= 4 is 44.4 Å². The summed E-state index contributed by atoms with van der Waals surface area (Å²) >= 11 is 5.61. The van der Waals surface area contributed by atoms with Crippen LogP contribution >= 0.6 is 11.6 Å². The third-order valence-corrected chi connectivity index (χ3v) is 6.44. The molecule has 0 saturated carbocycles. The van der Waals surface area contributed by atoms with Gasteiger partial charge < -0.3 is 9.30 Å². The van der Waals surface area contributed by atoms with Crippen molar-refractivity contribution in [1.29, 1.82) is 0 Å². The molecule has 5 heteroatoms. The van der Waals surface area contributed by atoms with Crippen molar-refractivity contribution in [3.63, 3.8) is 0 Å². The van der Waals surface area contributed by atoms with Crippen molar-refractivity contribution in [3.05, 3.63) is 76.9 Å². The van der Waals surface area contributed by atoms with Crippen LogP contribution in [0.2, 0.25) is 0 Å². The van der Waals surface area contributed by atoms with Crippen LogP contribution in [-0.2, 0) is 24.2 Å². The van der Waals surface area contributed by atoms with E-state index in [2.05, 4.69) is 22.8 Å². The molecule has 0 aliphatic heterocycles. The molecule has 0 radical (unpaired) electrons. The largest absolute Gasteiger partial charge is 0.496 e. The van der Waals surface area contributed by atoms with Gasteiger partial charge in [0.05, 0.1) is 23.5 Å². The number of aryl methyl sites for hydroxylation is 2. The van der Waals surface area contributed by atoms with Crippen molar-refractivity contribution < 1.29 is 14.3 Å². The van der Waals surface area contributed by atoms with E-state index in [1.807, 2.05) is 30.3 Å². The third-order valence-electron chi connectivity index (χ3n) is 6.26. The topological polar surface area (TPSA) is 48.3 Å². The summed E-state index contributed by atoms with van der Waals surface area (Å²) in [4.78, 5) is 24.5. The van der Waals surface area contributed by atoms with Gasteiger partial charge in [-0.1, -0.05) is 42.5 Å². The van der Waals surface area contributed by atoms with Crippen LogP contribution in [0.15, 0.2) is 54.6 Å². The number of hydrogen-bond acceptors (Lipinski definition) is 3. The number of methoxy groups -OCH3 is 1. The SMILES string of the molecule is COc1cc2c(c3c1c1c(C(=O)C(=O)Cl)cccc1n3Cc1ccccc1)CCCC2. The summed E-state index contributed by atoms with van der Waals surface area (Å²) in [5.74, 6) is 0.0422. The Morgan fingerprint density at radius 1 is 1.00 bits per heavy atom. The van der Waals surface area contributed by atoms with Crippen molar-refractivity contribution in [2.24, 2.45) is 0 Å². The Kier molecular flexibility index (Phi) is 5.03. The zero-order valence-corrected chi connectivity index (χ0v) is 18.0. The number of carbonyl (C=O) groups is 2. The molecule has 1 heterocycles. The molecule has 4 aromatic rings. The minimum absolute atomic E-state index is 0.323. The highest BCUT2D eigenvalue weighted by molar-refractivity contribution is 6.83. The minimum atomic E-state index is -0.978. The lowest BCUT2D eigenvalue weighted by atomic mass is 9.89. The number of rotatable bonds is 5. The maximum atomic E-state index is 12.7. The molecule has 5 rings (SSSR count). The first-order valence-corrected chi connectivity index (χ1v) is 10.9. The average molecular weight is 432 g/mol. The summed E-state index contributed by atoms with van der Waals surface area (Å²) in [6.07, 6.45) is 4.29. The van der Waals surface area contributed by atoms with Crippen molar-refractivity contribution in [1.82, 2.24) is 4.57 Å². The highest BCUT2D eigenvalue weighted by Gasteiger charge is 2.27. The van der Waals surface area contributed by atoms with Crippen LogP contribution in [0.3, 0.4) is 0 Å². The fourth-order valence-corrected chi connectivity index (χ4v) is 5.03. The third kappa shape index (κ3) is 3.22. The second-order valence-electron chi connectivity index (χ2n) is 8.02. The fourth-order valence-electron chi connectivity index (χ4n) is 4.93. The number of ether oxygens (including phenoxy) is 1. The van der Waals surface area contributed by atoms with E-state index in [0.717, 1.165) is 53.2 Å². The molecular weight excluding hydrogens is 410 g/mol. The summed E-state index contributed by atoms with van der Waals surface area (Å²) in [7, 11) is 1.65.